The average molecular weight is 376 g/mol. The normalized spacial score (nSPS) is 14.8. The minimum Gasteiger partial charge on any atom is -0.369 e. The molecule has 1 heterocycles. The first-order valence-corrected chi connectivity index (χ1v) is 8.56. The molecule has 2 aromatic carbocycles. The molecule has 1 N–H and O–H groups in total. The number of rotatable bonds is 3. The van der Waals surface area contributed by atoms with Gasteiger partial charge < -0.3 is 10.2 Å². The number of carbonyl (C=O) groups excluding carboxylic acids is 1. The minimum absolute atomic E-state index is 0.0473. The maximum absolute atomic E-state index is 14.1. The van der Waals surface area contributed by atoms with Crippen molar-refractivity contribution in [2.24, 2.45) is 5.92 Å². The van der Waals surface area contributed by atoms with Crippen molar-refractivity contribution in [3.8, 4) is 6.07 Å². The first-order valence-electron chi connectivity index (χ1n) is 8.18. The van der Waals surface area contributed by atoms with E-state index in [-0.39, 0.29) is 22.4 Å². The summed E-state index contributed by atoms with van der Waals surface area (Å²) in [5.74, 6) is -1.35. The lowest BCUT2D eigenvalue weighted by Crippen LogP contribution is -2.38. The number of carbonyl (C=O) groups is 1. The van der Waals surface area contributed by atoms with Crippen molar-refractivity contribution in [2.45, 2.75) is 12.8 Å². The summed E-state index contributed by atoms with van der Waals surface area (Å²) in [5.41, 5.74) is 1.16. The van der Waals surface area contributed by atoms with E-state index in [1.54, 1.807) is 12.1 Å². The molecule has 0 atom stereocenters. The molecule has 0 unspecified atom stereocenters. The molecular formula is C19H16ClF2N3O. The number of nitrogens with one attached hydrogen (secondary N) is 1. The second kappa shape index (κ2) is 7.71. The summed E-state index contributed by atoms with van der Waals surface area (Å²) < 4.78 is 27.3. The molecule has 134 valence electrons. The lowest BCUT2D eigenvalue weighted by molar-refractivity contribution is -0.120. The predicted molar refractivity (Wildman–Crippen MR) is 96.1 cm³/mol. The second-order valence-corrected chi connectivity index (χ2v) is 6.56. The molecular weight excluding hydrogens is 360 g/mol. The van der Waals surface area contributed by atoms with Crippen LogP contribution in [-0.4, -0.2) is 19.0 Å². The molecule has 1 amide bonds. The van der Waals surface area contributed by atoms with Gasteiger partial charge in [-0.15, -0.1) is 0 Å². The van der Waals surface area contributed by atoms with Gasteiger partial charge in [0.1, 0.15) is 11.6 Å². The van der Waals surface area contributed by atoms with E-state index in [2.05, 4.69) is 5.32 Å². The molecule has 0 bridgehead atoms. The Balaban J connectivity index is 1.60. The summed E-state index contributed by atoms with van der Waals surface area (Å²) in [6.07, 6.45) is 1.14. The summed E-state index contributed by atoms with van der Waals surface area (Å²) in [4.78, 5) is 14.3. The molecule has 0 saturated carbocycles. The Morgan fingerprint density at radius 3 is 2.50 bits per heavy atom. The highest BCUT2D eigenvalue weighted by Gasteiger charge is 2.26. The average Bonchev–Trinajstić information content (AvgIpc) is 2.64. The van der Waals surface area contributed by atoms with Gasteiger partial charge in [0.25, 0.3) is 0 Å². The lowest BCUT2D eigenvalue weighted by atomic mass is 9.95. The van der Waals surface area contributed by atoms with Crippen LogP contribution >= 0.6 is 11.6 Å². The Bertz CT molecular complexity index is 874. The highest BCUT2D eigenvalue weighted by atomic mass is 35.5. The van der Waals surface area contributed by atoms with E-state index in [0.717, 1.165) is 0 Å². The molecule has 1 fully saturated rings. The van der Waals surface area contributed by atoms with Gasteiger partial charge in [0, 0.05) is 24.7 Å². The van der Waals surface area contributed by atoms with Crippen LogP contribution in [0.4, 0.5) is 20.2 Å². The van der Waals surface area contributed by atoms with E-state index < -0.39 is 11.6 Å². The number of benzene rings is 2. The van der Waals surface area contributed by atoms with E-state index >= 15 is 0 Å². The third-order valence-electron chi connectivity index (χ3n) is 4.47. The number of hydrogen-bond acceptors (Lipinski definition) is 3. The van der Waals surface area contributed by atoms with Crippen LogP contribution in [0.5, 0.6) is 0 Å². The van der Waals surface area contributed by atoms with Gasteiger partial charge in [0.2, 0.25) is 5.91 Å². The number of amides is 1. The Morgan fingerprint density at radius 2 is 1.88 bits per heavy atom. The largest absolute Gasteiger partial charge is 0.369 e. The van der Waals surface area contributed by atoms with Gasteiger partial charge >= 0.3 is 0 Å². The number of nitrogens with zero attached hydrogens (tertiary/aromatic N) is 2. The number of nitriles is 1. The van der Waals surface area contributed by atoms with Gasteiger partial charge in [0.05, 0.1) is 22.3 Å². The summed E-state index contributed by atoms with van der Waals surface area (Å²) >= 11 is 5.72. The minimum atomic E-state index is -0.539. The zero-order chi connectivity index (χ0) is 18.7. The van der Waals surface area contributed by atoms with Crippen LogP contribution in [0.25, 0.3) is 0 Å². The summed E-state index contributed by atoms with van der Waals surface area (Å²) in [6.45, 7) is 1.07. The first-order chi connectivity index (χ1) is 12.5. The van der Waals surface area contributed by atoms with Crippen LogP contribution in [0.1, 0.15) is 18.4 Å². The van der Waals surface area contributed by atoms with Gasteiger partial charge in [-0.1, -0.05) is 11.6 Å². The van der Waals surface area contributed by atoms with Crippen LogP contribution < -0.4 is 10.2 Å². The molecule has 0 aliphatic carbocycles. The highest BCUT2D eigenvalue weighted by Crippen LogP contribution is 2.27. The van der Waals surface area contributed by atoms with Gasteiger partial charge in [-0.2, -0.15) is 5.26 Å². The summed E-state index contributed by atoms with van der Waals surface area (Å²) in [6, 6.07) is 10.3. The van der Waals surface area contributed by atoms with Crippen molar-refractivity contribution in [1.29, 1.82) is 5.26 Å². The second-order valence-electron chi connectivity index (χ2n) is 6.16. The molecule has 1 saturated heterocycles. The molecule has 0 aromatic heterocycles. The number of halogens is 3. The van der Waals surface area contributed by atoms with E-state index in [9.17, 15) is 13.6 Å². The van der Waals surface area contributed by atoms with Gasteiger partial charge in [-0.25, -0.2) is 8.78 Å². The van der Waals surface area contributed by atoms with Crippen LogP contribution in [0.15, 0.2) is 36.4 Å². The molecule has 0 spiro atoms. The van der Waals surface area contributed by atoms with Crippen molar-refractivity contribution in [1.82, 2.24) is 0 Å². The third-order valence-corrected chi connectivity index (χ3v) is 4.76. The van der Waals surface area contributed by atoms with Crippen LogP contribution in [0, 0.1) is 28.9 Å². The fourth-order valence-corrected chi connectivity index (χ4v) is 3.21. The molecule has 3 rings (SSSR count). The van der Waals surface area contributed by atoms with Crippen molar-refractivity contribution in [3.63, 3.8) is 0 Å². The SMILES string of the molecule is N#Cc1ccc(N2CCC(C(=O)Nc3ccc(F)c(Cl)c3)CC2)c(F)c1. The Kier molecular flexibility index (Phi) is 5.38. The highest BCUT2D eigenvalue weighted by molar-refractivity contribution is 6.31. The first kappa shape index (κ1) is 18.2. The standard InChI is InChI=1S/C19H16ClF2N3O/c20-15-10-14(2-3-16(15)21)24-19(26)13-5-7-25(8-6-13)18-4-1-12(11-23)9-17(18)22/h1-4,9-10,13H,5-8H2,(H,24,26). The maximum atomic E-state index is 14.1. The lowest BCUT2D eigenvalue weighted by Gasteiger charge is -2.33. The molecule has 1 aliphatic rings. The number of hydrogen-bond donors (Lipinski definition) is 1. The van der Waals surface area contributed by atoms with Crippen molar-refractivity contribution in [2.75, 3.05) is 23.3 Å². The maximum Gasteiger partial charge on any atom is 0.227 e. The Morgan fingerprint density at radius 1 is 1.15 bits per heavy atom. The molecule has 7 heteroatoms. The quantitative estimate of drug-likeness (QED) is 0.867. The molecule has 1 aliphatic heterocycles. The van der Waals surface area contributed by atoms with Crippen LogP contribution in [-0.2, 0) is 4.79 Å². The van der Waals surface area contributed by atoms with Crippen LogP contribution in [0.2, 0.25) is 5.02 Å². The van der Waals surface area contributed by atoms with Gasteiger partial charge in [-0.3, -0.25) is 4.79 Å². The van der Waals surface area contributed by atoms with Crippen molar-refractivity contribution >= 4 is 28.9 Å². The zero-order valence-corrected chi connectivity index (χ0v) is 14.6. The summed E-state index contributed by atoms with van der Waals surface area (Å²) in [7, 11) is 0. The third kappa shape index (κ3) is 3.94. The van der Waals surface area contributed by atoms with E-state index in [4.69, 9.17) is 16.9 Å². The number of piperidine rings is 1. The molecule has 2 aromatic rings. The molecule has 0 radical (unpaired) electrons. The smallest absolute Gasteiger partial charge is 0.227 e. The zero-order valence-electron chi connectivity index (χ0n) is 13.8. The molecule has 4 nitrogen and oxygen atoms in total. The van der Waals surface area contributed by atoms with E-state index in [1.807, 2.05) is 11.0 Å². The van der Waals surface area contributed by atoms with Gasteiger partial charge in [-0.05, 0) is 49.2 Å². The van der Waals surface area contributed by atoms with Crippen LogP contribution in [0.3, 0.4) is 0 Å². The Hall–Kier alpha value is -2.65. The summed E-state index contributed by atoms with van der Waals surface area (Å²) in [5, 5.41) is 11.5. The topological polar surface area (TPSA) is 56.1 Å². The fraction of sp³-hybridized carbons (Fsp3) is 0.263. The monoisotopic (exact) mass is 375 g/mol. The van der Waals surface area contributed by atoms with Crippen molar-refractivity contribution in [3.05, 3.63) is 58.6 Å². The van der Waals surface area contributed by atoms with E-state index in [1.165, 1.54) is 24.3 Å². The fourth-order valence-electron chi connectivity index (χ4n) is 3.03. The predicted octanol–water partition coefficient (Wildman–Crippen LogP) is 4.34. The van der Waals surface area contributed by atoms with Crippen molar-refractivity contribution < 1.29 is 13.6 Å². The number of anilines is 2. The van der Waals surface area contributed by atoms with E-state index in [0.29, 0.717) is 37.3 Å². The van der Waals surface area contributed by atoms with Gasteiger partial charge in [0.15, 0.2) is 0 Å². The molecule has 26 heavy (non-hydrogen) atoms. The Labute approximate surface area is 155 Å².